The predicted octanol–water partition coefficient (Wildman–Crippen LogP) is 3.26. The van der Waals surface area contributed by atoms with Crippen LogP contribution in [0.2, 0.25) is 0 Å². The Labute approximate surface area is 126 Å². The first-order valence-corrected chi connectivity index (χ1v) is 7.67. The van der Waals surface area contributed by atoms with Crippen LogP contribution in [0.1, 0.15) is 29.7 Å². The molecule has 0 radical (unpaired) electrons. The molecule has 0 aliphatic heterocycles. The van der Waals surface area contributed by atoms with Crippen LogP contribution in [0.4, 0.5) is 0 Å². The highest BCUT2D eigenvalue weighted by atomic mass is 16.5. The molecule has 1 saturated carbocycles. The van der Waals surface area contributed by atoms with E-state index >= 15 is 0 Å². The van der Waals surface area contributed by atoms with Gasteiger partial charge in [-0.1, -0.05) is 24.3 Å². The standard InChI is InChI=1S/C18H22N2O/c1-14-6-9-18(12-20-14)21-13-16-5-3-2-4-15(16)10-11-19-17-7-8-17/h2-6,9,12,17,19H,7-8,10-11,13H2,1H3. The minimum atomic E-state index is 0.602. The molecule has 3 heteroatoms. The highest BCUT2D eigenvalue weighted by molar-refractivity contribution is 5.28. The summed E-state index contributed by atoms with van der Waals surface area (Å²) >= 11 is 0. The lowest BCUT2D eigenvalue weighted by Gasteiger charge is -2.11. The fourth-order valence-corrected chi connectivity index (χ4v) is 2.34. The van der Waals surface area contributed by atoms with E-state index in [0.717, 1.165) is 30.5 Å². The lowest BCUT2D eigenvalue weighted by Crippen LogP contribution is -2.19. The monoisotopic (exact) mass is 282 g/mol. The fraction of sp³-hybridized carbons (Fsp3) is 0.389. The molecule has 1 fully saturated rings. The molecule has 0 amide bonds. The van der Waals surface area contributed by atoms with E-state index in [0.29, 0.717) is 6.61 Å². The van der Waals surface area contributed by atoms with Crippen molar-refractivity contribution in [3.8, 4) is 5.75 Å². The molecule has 1 N–H and O–H groups in total. The molecule has 0 saturated heterocycles. The van der Waals surface area contributed by atoms with E-state index in [9.17, 15) is 0 Å². The van der Waals surface area contributed by atoms with E-state index in [1.165, 1.54) is 24.0 Å². The minimum Gasteiger partial charge on any atom is -0.487 e. The number of ether oxygens (including phenoxy) is 1. The third-order valence-electron chi connectivity index (χ3n) is 3.80. The van der Waals surface area contributed by atoms with Crippen LogP contribution in [-0.2, 0) is 13.0 Å². The largest absolute Gasteiger partial charge is 0.487 e. The smallest absolute Gasteiger partial charge is 0.138 e. The zero-order valence-electron chi connectivity index (χ0n) is 12.5. The van der Waals surface area contributed by atoms with Gasteiger partial charge in [-0.3, -0.25) is 4.98 Å². The van der Waals surface area contributed by atoms with E-state index in [1.807, 2.05) is 19.1 Å². The summed E-state index contributed by atoms with van der Waals surface area (Å²) in [5, 5.41) is 3.56. The molecule has 1 aromatic carbocycles. The Morgan fingerprint density at radius 3 is 2.67 bits per heavy atom. The van der Waals surface area contributed by atoms with Gasteiger partial charge in [0.05, 0.1) is 6.20 Å². The maximum Gasteiger partial charge on any atom is 0.138 e. The Morgan fingerprint density at radius 2 is 1.95 bits per heavy atom. The summed E-state index contributed by atoms with van der Waals surface area (Å²) in [4.78, 5) is 4.25. The molecule has 3 nitrogen and oxygen atoms in total. The van der Waals surface area contributed by atoms with Crippen molar-refractivity contribution in [2.75, 3.05) is 6.54 Å². The zero-order chi connectivity index (χ0) is 14.5. The van der Waals surface area contributed by atoms with Crippen LogP contribution in [-0.4, -0.2) is 17.6 Å². The maximum absolute atomic E-state index is 5.84. The molecular formula is C18H22N2O. The van der Waals surface area contributed by atoms with E-state index in [-0.39, 0.29) is 0 Å². The average molecular weight is 282 g/mol. The second-order valence-electron chi connectivity index (χ2n) is 5.67. The fourth-order valence-electron chi connectivity index (χ4n) is 2.34. The second kappa shape index (κ2) is 6.72. The molecule has 1 aromatic heterocycles. The molecule has 0 spiro atoms. The van der Waals surface area contributed by atoms with Gasteiger partial charge < -0.3 is 10.1 Å². The van der Waals surface area contributed by atoms with Gasteiger partial charge in [-0.25, -0.2) is 0 Å². The number of hydrogen-bond donors (Lipinski definition) is 1. The van der Waals surface area contributed by atoms with Gasteiger partial charge in [0.1, 0.15) is 12.4 Å². The van der Waals surface area contributed by atoms with Gasteiger partial charge in [-0.2, -0.15) is 0 Å². The number of aryl methyl sites for hydroxylation is 1. The van der Waals surface area contributed by atoms with Crippen molar-refractivity contribution in [2.24, 2.45) is 0 Å². The van der Waals surface area contributed by atoms with E-state index in [2.05, 4.69) is 34.6 Å². The van der Waals surface area contributed by atoms with Gasteiger partial charge in [-0.05, 0) is 56.0 Å². The summed E-state index contributed by atoms with van der Waals surface area (Å²) in [6, 6.07) is 13.2. The van der Waals surface area contributed by atoms with Crippen molar-refractivity contribution < 1.29 is 4.74 Å². The Balaban J connectivity index is 1.57. The van der Waals surface area contributed by atoms with Crippen molar-refractivity contribution in [2.45, 2.75) is 38.8 Å². The lowest BCUT2D eigenvalue weighted by atomic mass is 10.1. The highest BCUT2D eigenvalue weighted by Crippen LogP contribution is 2.19. The quantitative estimate of drug-likeness (QED) is 0.846. The molecular weight excluding hydrogens is 260 g/mol. The van der Waals surface area contributed by atoms with Crippen molar-refractivity contribution in [1.29, 1.82) is 0 Å². The van der Waals surface area contributed by atoms with Crippen LogP contribution in [0.15, 0.2) is 42.6 Å². The Hall–Kier alpha value is -1.87. The van der Waals surface area contributed by atoms with Crippen molar-refractivity contribution >= 4 is 0 Å². The molecule has 1 aliphatic carbocycles. The number of aromatic nitrogens is 1. The van der Waals surface area contributed by atoms with Gasteiger partial charge in [0, 0.05) is 11.7 Å². The molecule has 21 heavy (non-hydrogen) atoms. The first-order valence-electron chi connectivity index (χ1n) is 7.67. The first kappa shape index (κ1) is 14.1. The highest BCUT2D eigenvalue weighted by Gasteiger charge is 2.19. The molecule has 3 rings (SSSR count). The zero-order valence-corrected chi connectivity index (χ0v) is 12.5. The van der Waals surface area contributed by atoms with Crippen molar-refractivity contribution in [1.82, 2.24) is 10.3 Å². The SMILES string of the molecule is Cc1ccc(OCc2ccccc2CCNC2CC2)cn1. The van der Waals surface area contributed by atoms with Gasteiger partial charge in [0.15, 0.2) is 0 Å². The summed E-state index contributed by atoms with van der Waals surface area (Å²) in [7, 11) is 0. The lowest BCUT2D eigenvalue weighted by molar-refractivity contribution is 0.303. The molecule has 1 aliphatic rings. The normalized spacial score (nSPS) is 14.1. The third-order valence-corrected chi connectivity index (χ3v) is 3.80. The van der Waals surface area contributed by atoms with E-state index < -0.39 is 0 Å². The number of nitrogens with one attached hydrogen (secondary N) is 1. The van der Waals surface area contributed by atoms with Crippen molar-refractivity contribution in [3.63, 3.8) is 0 Å². The maximum atomic E-state index is 5.84. The summed E-state index contributed by atoms with van der Waals surface area (Å²) in [5.74, 6) is 0.825. The van der Waals surface area contributed by atoms with Gasteiger partial charge in [0.2, 0.25) is 0 Å². The number of nitrogens with zero attached hydrogens (tertiary/aromatic N) is 1. The predicted molar refractivity (Wildman–Crippen MR) is 84.5 cm³/mol. The average Bonchev–Trinajstić information content (AvgIpc) is 3.32. The van der Waals surface area contributed by atoms with Gasteiger partial charge in [0.25, 0.3) is 0 Å². The summed E-state index contributed by atoms with van der Waals surface area (Å²) in [6.07, 6.45) is 5.52. The van der Waals surface area contributed by atoms with E-state index in [4.69, 9.17) is 4.74 Å². The van der Waals surface area contributed by atoms with Gasteiger partial charge >= 0.3 is 0 Å². The van der Waals surface area contributed by atoms with E-state index in [1.54, 1.807) is 6.20 Å². The minimum absolute atomic E-state index is 0.602. The van der Waals surface area contributed by atoms with Crippen molar-refractivity contribution in [3.05, 3.63) is 59.4 Å². The summed E-state index contributed by atoms with van der Waals surface area (Å²) in [6.45, 7) is 3.63. The summed E-state index contributed by atoms with van der Waals surface area (Å²) < 4.78 is 5.84. The van der Waals surface area contributed by atoms with Crippen LogP contribution in [0.5, 0.6) is 5.75 Å². The van der Waals surface area contributed by atoms with Crippen LogP contribution in [0, 0.1) is 6.92 Å². The number of rotatable bonds is 7. The molecule has 0 bridgehead atoms. The number of pyridine rings is 1. The molecule has 110 valence electrons. The first-order chi connectivity index (χ1) is 10.3. The Morgan fingerprint density at radius 1 is 1.14 bits per heavy atom. The molecule has 0 unspecified atom stereocenters. The summed E-state index contributed by atoms with van der Waals surface area (Å²) in [5.41, 5.74) is 3.63. The molecule has 0 atom stereocenters. The molecule has 1 heterocycles. The van der Waals surface area contributed by atoms with Crippen LogP contribution < -0.4 is 10.1 Å². The second-order valence-corrected chi connectivity index (χ2v) is 5.67. The van der Waals surface area contributed by atoms with Crippen LogP contribution in [0.25, 0.3) is 0 Å². The van der Waals surface area contributed by atoms with Crippen LogP contribution in [0.3, 0.4) is 0 Å². The topological polar surface area (TPSA) is 34.1 Å². The van der Waals surface area contributed by atoms with Crippen LogP contribution >= 0.6 is 0 Å². The number of hydrogen-bond acceptors (Lipinski definition) is 3. The molecule has 2 aromatic rings. The third kappa shape index (κ3) is 4.30. The Kier molecular flexibility index (Phi) is 4.51. The van der Waals surface area contributed by atoms with Gasteiger partial charge in [-0.15, -0.1) is 0 Å². The Bertz CT molecular complexity index is 576. The number of benzene rings is 1.